The van der Waals surface area contributed by atoms with E-state index in [0.717, 1.165) is 15.9 Å². The third-order valence-corrected chi connectivity index (χ3v) is 3.16. The standard InChI is InChI=1S/C9H16BrN3O/c1-6-9(10)8(13(3)12-6)4-7(14)5-11-2/h7,11,14H,4-5H2,1-3H3. The van der Waals surface area contributed by atoms with E-state index in [1.807, 2.05) is 21.0 Å². The van der Waals surface area contributed by atoms with Crippen molar-refractivity contribution in [2.45, 2.75) is 19.4 Å². The van der Waals surface area contributed by atoms with E-state index >= 15 is 0 Å². The van der Waals surface area contributed by atoms with Gasteiger partial charge < -0.3 is 10.4 Å². The second-order valence-corrected chi connectivity index (χ2v) is 4.18. The van der Waals surface area contributed by atoms with Gasteiger partial charge in [-0.15, -0.1) is 0 Å². The summed E-state index contributed by atoms with van der Waals surface area (Å²) in [5.74, 6) is 0. The van der Waals surface area contributed by atoms with E-state index in [2.05, 4.69) is 26.3 Å². The number of rotatable bonds is 4. The SMILES string of the molecule is CNCC(O)Cc1c(Br)c(C)nn1C. The molecule has 5 heteroatoms. The molecule has 0 spiro atoms. The maximum absolute atomic E-state index is 9.64. The van der Waals surface area contributed by atoms with Crippen LogP contribution in [0.2, 0.25) is 0 Å². The van der Waals surface area contributed by atoms with Crippen LogP contribution in [0, 0.1) is 6.92 Å². The number of aliphatic hydroxyl groups excluding tert-OH is 1. The molecular formula is C9H16BrN3O. The minimum absolute atomic E-state index is 0.369. The van der Waals surface area contributed by atoms with Crippen LogP contribution in [0.3, 0.4) is 0 Å². The summed E-state index contributed by atoms with van der Waals surface area (Å²) >= 11 is 3.47. The van der Waals surface area contributed by atoms with Gasteiger partial charge in [-0.3, -0.25) is 4.68 Å². The van der Waals surface area contributed by atoms with Crippen LogP contribution in [-0.4, -0.2) is 34.6 Å². The molecular weight excluding hydrogens is 246 g/mol. The van der Waals surface area contributed by atoms with E-state index in [9.17, 15) is 5.11 Å². The lowest BCUT2D eigenvalue weighted by Gasteiger charge is -2.10. The number of aryl methyl sites for hydroxylation is 2. The molecule has 4 nitrogen and oxygen atoms in total. The summed E-state index contributed by atoms with van der Waals surface area (Å²) in [5, 5.41) is 16.8. The van der Waals surface area contributed by atoms with Crippen LogP contribution < -0.4 is 5.32 Å². The van der Waals surface area contributed by atoms with Gasteiger partial charge >= 0.3 is 0 Å². The molecule has 0 amide bonds. The Morgan fingerprint density at radius 2 is 2.29 bits per heavy atom. The smallest absolute Gasteiger partial charge is 0.0738 e. The van der Waals surface area contributed by atoms with Crippen LogP contribution >= 0.6 is 15.9 Å². The van der Waals surface area contributed by atoms with Crippen LogP contribution in [0.5, 0.6) is 0 Å². The highest BCUT2D eigenvalue weighted by Crippen LogP contribution is 2.21. The predicted octanol–water partition coefficient (Wildman–Crippen LogP) is 0.614. The summed E-state index contributed by atoms with van der Waals surface area (Å²) in [6, 6.07) is 0. The van der Waals surface area contributed by atoms with Gasteiger partial charge in [0.25, 0.3) is 0 Å². The lowest BCUT2D eigenvalue weighted by Crippen LogP contribution is -2.26. The van der Waals surface area contributed by atoms with Crippen molar-refractivity contribution < 1.29 is 5.11 Å². The highest BCUT2D eigenvalue weighted by Gasteiger charge is 2.14. The van der Waals surface area contributed by atoms with E-state index in [4.69, 9.17) is 0 Å². The van der Waals surface area contributed by atoms with Gasteiger partial charge in [0.05, 0.1) is 22.0 Å². The Bertz CT molecular complexity index is 311. The molecule has 0 aliphatic carbocycles. The summed E-state index contributed by atoms with van der Waals surface area (Å²) in [7, 11) is 3.71. The largest absolute Gasteiger partial charge is 0.391 e. The highest BCUT2D eigenvalue weighted by molar-refractivity contribution is 9.10. The van der Waals surface area contributed by atoms with Crippen molar-refractivity contribution in [3.8, 4) is 0 Å². The van der Waals surface area contributed by atoms with Gasteiger partial charge in [0, 0.05) is 20.0 Å². The lowest BCUT2D eigenvalue weighted by atomic mass is 10.2. The molecule has 1 aromatic heterocycles. The van der Waals surface area contributed by atoms with Gasteiger partial charge in [-0.05, 0) is 29.9 Å². The zero-order chi connectivity index (χ0) is 10.7. The topological polar surface area (TPSA) is 50.1 Å². The Morgan fingerprint density at radius 3 is 2.71 bits per heavy atom. The van der Waals surface area contributed by atoms with E-state index in [1.165, 1.54) is 0 Å². The van der Waals surface area contributed by atoms with Crippen molar-refractivity contribution in [3.63, 3.8) is 0 Å². The number of hydrogen-bond donors (Lipinski definition) is 2. The summed E-state index contributed by atoms with van der Waals surface area (Å²) in [5.41, 5.74) is 1.99. The molecule has 80 valence electrons. The zero-order valence-electron chi connectivity index (χ0n) is 8.71. The van der Waals surface area contributed by atoms with Crippen molar-refractivity contribution in [3.05, 3.63) is 15.9 Å². The molecule has 1 aromatic rings. The maximum Gasteiger partial charge on any atom is 0.0738 e. The summed E-state index contributed by atoms with van der Waals surface area (Å²) in [6.45, 7) is 2.54. The van der Waals surface area contributed by atoms with E-state index < -0.39 is 0 Å². The number of hydrogen-bond acceptors (Lipinski definition) is 3. The first-order valence-electron chi connectivity index (χ1n) is 4.57. The molecule has 1 atom stereocenters. The number of aliphatic hydroxyl groups is 1. The Hall–Kier alpha value is -0.390. The molecule has 1 rings (SSSR count). The van der Waals surface area contributed by atoms with Gasteiger partial charge in [-0.1, -0.05) is 0 Å². The molecule has 0 bridgehead atoms. The maximum atomic E-state index is 9.64. The van der Waals surface area contributed by atoms with Crippen LogP contribution in [-0.2, 0) is 13.5 Å². The summed E-state index contributed by atoms with van der Waals surface area (Å²) in [4.78, 5) is 0. The minimum atomic E-state index is -0.369. The molecule has 0 aromatic carbocycles. The fourth-order valence-electron chi connectivity index (χ4n) is 1.43. The minimum Gasteiger partial charge on any atom is -0.391 e. The van der Waals surface area contributed by atoms with E-state index in [-0.39, 0.29) is 6.10 Å². The first-order chi connectivity index (χ1) is 6.56. The van der Waals surface area contributed by atoms with E-state index in [1.54, 1.807) is 4.68 Å². The Labute approximate surface area is 92.4 Å². The zero-order valence-corrected chi connectivity index (χ0v) is 10.3. The van der Waals surface area contributed by atoms with Gasteiger partial charge in [0.15, 0.2) is 0 Å². The lowest BCUT2D eigenvalue weighted by molar-refractivity contribution is 0.172. The Balaban J connectivity index is 2.75. The molecule has 0 saturated carbocycles. The molecule has 2 N–H and O–H groups in total. The second kappa shape index (κ2) is 4.91. The quantitative estimate of drug-likeness (QED) is 0.836. The predicted molar refractivity (Wildman–Crippen MR) is 59.3 cm³/mol. The van der Waals surface area contributed by atoms with Crippen molar-refractivity contribution in [1.29, 1.82) is 0 Å². The molecule has 0 aliphatic rings. The van der Waals surface area contributed by atoms with Crippen molar-refractivity contribution in [2.24, 2.45) is 7.05 Å². The first kappa shape index (κ1) is 11.7. The molecule has 1 unspecified atom stereocenters. The average Bonchev–Trinajstić information content (AvgIpc) is 2.33. The number of likely N-dealkylation sites (N-methyl/N-ethyl adjacent to an activating group) is 1. The number of nitrogens with zero attached hydrogens (tertiary/aromatic N) is 2. The van der Waals surface area contributed by atoms with Crippen LogP contribution in [0.1, 0.15) is 11.4 Å². The number of aromatic nitrogens is 2. The van der Waals surface area contributed by atoms with Crippen LogP contribution in [0.15, 0.2) is 4.47 Å². The molecule has 0 radical (unpaired) electrons. The van der Waals surface area contributed by atoms with Gasteiger partial charge in [0.1, 0.15) is 0 Å². The first-order valence-corrected chi connectivity index (χ1v) is 5.36. The van der Waals surface area contributed by atoms with Gasteiger partial charge in [-0.2, -0.15) is 5.10 Å². The number of nitrogens with one attached hydrogen (secondary N) is 1. The fourth-order valence-corrected chi connectivity index (χ4v) is 1.93. The van der Waals surface area contributed by atoms with E-state index in [0.29, 0.717) is 13.0 Å². The van der Waals surface area contributed by atoms with Gasteiger partial charge in [0.2, 0.25) is 0 Å². The van der Waals surface area contributed by atoms with Gasteiger partial charge in [-0.25, -0.2) is 0 Å². The van der Waals surface area contributed by atoms with Crippen LogP contribution in [0.25, 0.3) is 0 Å². The van der Waals surface area contributed by atoms with Crippen LogP contribution in [0.4, 0.5) is 0 Å². The molecule has 14 heavy (non-hydrogen) atoms. The van der Waals surface area contributed by atoms with Crippen molar-refractivity contribution >= 4 is 15.9 Å². The third-order valence-electron chi connectivity index (χ3n) is 2.13. The second-order valence-electron chi connectivity index (χ2n) is 3.39. The molecule has 0 fully saturated rings. The normalized spacial score (nSPS) is 13.2. The average molecular weight is 262 g/mol. The number of halogens is 1. The third kappa shape index (κ3) is 2.56. The fraction of sp³-hybridized carbons (Fsp3) is 0.667. The monoisotopic (exact) mass is 261 g/mol. The molecule has 0 saturated heterocycles. The van der Waals surface area contributed by atoms with Crippen molar-refractivity contribution in [1.82, 2.24) is 15.1 Å². The molecule has 1 heterocycles. The molecule has 0 aliphatic heterocycles. The Kier molecular flexibility index (Phi) is 4.10. The Morgan fingerprint density at radius 1 is 1.64 bits per heavy atom. The van der Waals surface area contributed by atoms with Crippen molar-refractivity contribution in [2.75, 3.05) is 13.6 Å². The summed E-state index contributed by atoms with van der Waals surface area (Å²) in [6.07, 6.45) is 0.241. The summed E-state index contributed by atoms with van der Waals surface area (Å²) < 4.78 is 2.80. The highest BCUT2D eigenvalue weighted by atomic mass is 79.9.